The number of carbonyl (C=O) groups excluding carboxylic acids is 1. The van der Waals surface area contributed by atoms with Crippen molar-refractivity contribution >= 4 is 47.1 Å². The molecular weight excluding hydrogens is 590 g/mol. The summed E-state index contributed by atoms with van der Waals surface area (Å²) < 4.78 is 8.51. The molecule has 0 fully saturated rings. The fourth-order valence-electron chi connectivity index (χ4n) is 4.52. The third kappa shape index (κ3) is 8.33. The lowest BCUT2D eigenvalue weighted by Gasteiger charge is -2.20. The molecule has 4 rings (SSSR count). The maximum atomic E-state index is 13.7. The summed E-state index contributed by atoms with van der Waals surface area (Å²) in [5, 5.41) is 14.2. The number of likely N-dealkylation sites (N-methyl/N-ethyl adjacent to an activating group) is 1. The minimum Gasteiger partial charge on any atom is -0.385 e. The summed E-state index contributed by atoms with van der Waals surface area (Å²) in [6.45, 7) is 9.02. The molecule has 0 saturated carbocycles. The Morgan fingerprint density at radius 3 is 2.64 bits per heavy atom. The number of aryl methyl sites for hydroxylation is 1. The lowest BCUT2D eigenvalue weighted by Crippen LogP contribution is -2.29. The molecular formula is C30H38ClN5O4SSi. The molecule has 0 aliphatic heterocycles. The Bertz CT molecular complexity index is 1570. The van der Waals surface area contributed by atoms with Gasteiger partial charge in [0.2, 0.25) is 5.43 Å². The van der Waals surface area contributed by atoms with Gasteiger partial charge in [0.1, 0.15) is 11.7 Å². The van der Waals surface area contributed by atoms with Gasteiger partial charge in [0.15, 0.2) is 0 Å². The molecule has 0 aliphatic carbocycles. The Morgan fingerprint density at radius 1 is 1.24 bits per heavy atom. The van der Waals surface area contributed by atoms with E-state index in [1.165, 1.54) is 11.3 Å². The highest BCUT2D eigenvalue weighted by molar-refractivity contribution is 7.19. The molecule has 0 saturated heterocycles. The summed E-state index contributed by atoms with van der Waals surface area (Å²) in [5.41, 5.74) is 2.86. The number of benzene rings is 1. The van der Waals surface area contributed by atoms with Crippen LogP contribution in [0.2, 0.25) is 30.7 Å². The maximum absolute atomic E-state index is 13.7. The van der Waals surface area contributed by atoms with E-state index in [1.54, 1.807) is 36.9 Å². The normalized spacial score (nSPS) is 12.7. The van der Waals surface area contributed by atoms with Crippen molar-refractivity contribution in [3.05, 3.63) is 91.6 Å². The minimum atomic E-state index is -1.27. The van der Waals surface area contributed by atoms with Crippen molar-refractivity contribution in [2.45, 2.75) is 51.5 Å². The molecule has 0 spiro atoms. The smallest absolute Gasteiger partial charge is 0.257 e. The number of aliphatic hydroxyl groups is 1. The predicted octanol–water partition coefficient (Wildman–Crippen LogP) is 4.99. The molecule has 1 aromatic carbocycles. The number of halogens is 1. The molecule has 0 aliphatic rings. The number of thiophene rings is 1. The van der Waals surface area contributed by atoms with Crippen LogP contribution in [0.4, 0.5) is 0 Å². The average molecular weight is 628 g/mol. The van der Waals surface area contributed by atoms with Crippen LogP contribution in [-0.2, 0) is 31.5 Å². The van der Waals surface area contributed by atoms with Crippen LogP contribution in [0.25, 0.3) is 10.2 Å². The van der Waals surface area contributed by atoms with Crippen LogP contribution in [0.15, 0.2) is 53.8 Å². The number of pyridine rings is 1. The van der Waals surface area contributed by atoms with Gasteiger partial charge in [-0.05, 0) is 30.8 Å². The van der Waals surface area contributed by atoms with E-state index in [0.29, 0.717) is 41.7 Å². The van der Waals surface area contributed by atoms with E-state index in [4.69, 9.17) is 16.3 Å². The van der Waals surface area contributed by atoms with Gasteiger partial charge < -0.3 is 19.7 Å². The van der Waals surface area contributed by atoms with Crippen LogP contribution >= 0.6 is 22.9 Å². The van der Waals surface area contributed by atoms with E-state index in [1.807, 2.05) is 35.7 Å². The summed E-state index contributed by atoms with van der Waals surface area (Å²) in [5.74, 6) is -0.431. The molecule has 0 radical (unpaired) electrons. The fraction of sp³-hybridized carbons (Fsp3) is 0.400. The number of ether oxygens (including phenoxy) is 1. The minimum absolute atomic E-state index is 0.0874. The number of aromatic nitrogens is 3. The van der Waals surface area contributed by atoms with Crippen LogP contribution in [-0.4, -0.2) is 58.7 Å². The first kappa shape index (κ1) is 32.0. The molecule has 0 bridgehead atoms. The van der Waals surface area contributed by atoms with Crippen LogP contribution in [0.1, 0.15) is 38.2 Å². The van der Waals surface area contributed by atoms with E-state index in [0.717, 1.165) is 27.6 Å². The van der Waals surface area contributed by atoms with Gasteiger partial charge in [-0.25, -0.2) is 0 Å². The number of hydrogen-bond donors (Lipinski definition) is 2. The van der Waals surface area contributed by atoms with Gasteiger partial charge in [-0.1, -0.05) is 43.4 Å². The number of carbonyl (C=O) groups is 1. The van der Waals surface area contributed by atoms with Gasteiger partial charge >= 0.3 is 0 Å². The molecule has 1 amide bonds. The number of hydrogen-bond acceptors (Lipinski definition) is 8. The lowest BCUT2D eigenvalue weighted by molar-refractivity contribution is 0.0949. The fourth-order valence-corrected chi connectivity index (χ4v) is 6.78. The van der Waals surface area contributed by atoms with Crippen LogP contribution in [0, 0.1) is 0 Å². The van der Waals surface area contributed by atoms with Gasteiger partial charge in [0, 0.05) is 75.4 Å². The molecule has 1 atom stereocenters. The monoisotopic (exact) mass is 627 g/mol. The number of nitrogens with zero attached hydrogens (tertiary/aromatic N) is 4. The second-order valence-corrected chi connectivity index (χ2v) is 18.8. The zero-order valence-corrected chi connectivity index (χ0v) is 27.3. The van der Waals surface area contributed by atoms with Crippen molar-refractivity contribution in [3.63, 3.8) is 0 Å². The van der Waals surface area contributed by atoms with Gasteiger partial charge in [-0.15, -0.1) is 11.3 Å². The van der Waals surface area contributed by atoms with Crippen molar-refractivity contribution < 1.29 is 14.6 Å². The largest absolute Gasteiger partial charge is 0.385 e. The summed E-state index contributed by atoms with van der Waals surface area (Å²) in [6, 6.07) is 8.23. The quantitative estimate of drug-likeness (QED) is 0.159. The first-order chi connectivity index (χ1) is 19.9. The van der Waals surface area contributed by atoms with E-state index in [9.17, 15) is 14.7 Å². The number of aliphatic hydroxyl groups excluding tert-OH is 1. The standard InChI is InChI=1S/C30H38ClN5O4SSi/c1-35(17-25(37)24-15-32-10-11-33-24)18-26-23(19-40-12-13-42(3,4)5)27-29(41-26)28(38)22(16-36(27)2)30(39)34-14-20-6-8-21(31)9-7-20/h6-11,15-16,25,37H,12-14,17-19H2,1-5H3,(H,34,39). The van der Waals surface area contributed by atoms with E-state index < -0.39 is 20.1 Å². The van der Waals surface area contributed by atoms with Crippen molar-refractivity contribution in [1.29, 1.82) is 0 Å². The molecule has 42 heavy (non-hydrogen) atoms. The average Bonchev–Trinajstić information content (AvgIpc) is 3.31. The molecule has 4 aromatic rings. The highest BCUT2D eigenvalue weighted by Gasteiger charge is 2.23. The molecule has 3 aromatic heterocycles. The Labute approximate surface area is 256 Å². The Morgan fingerprint density at radius 2 is 1.98 bits per heavy atom. The van der Waals surface area contributed by atoms with E-state index in [-0.39, 0.29) is 17.5 Å². The molecule has 9 nitrogen and oxygen atoms in total. The topological polar surface area (TPSA) is 110 Å². The zero-order chi connectivity index (χ0) is 30.4. The third-order valence-electron chi connectivity index (χ3n) is 6.87. The van der Waals surface area contributed by atoms with Gasteiger partial charge in [-0.3, -0.25) is 24.5 Å². The predicted molar refractivity (Wildman–Crippen MR) is 171 cm³/mol. The van der Waals surface area contributed by atoms with Gasteiger partial charge in [0.25, 0.3) is 5.91 Å². The Hall–Kier alpha value is -2.93. The Kier molecular flexibility index (Phi) is 10.7. The molecule has 1 unspecified atom stereocenters. The number of amides is 1. The second kappa shape index (κ2) is 14.0. The number of fused-ring (bicyclic) bond motifs is 1. The SMILES string of the molecule is CN(Cc1sc2c(=O)c(C(=O)NCc3ccc(Cl)cc3)cn(C)c2c1COCC[Si](C)(C)C)CC(O)c1cnccn1. The number of rotatable bonds is 13. The third-order valence-corrected chi connectivity index (χ3v) is 10.0. The number of nitrogens with one attached hydrogen (secondary N) is 1. The molecule has 2 N–H and O–H groups in total. The van der Waals surface area contributed by atoms with Crippen molar-refractivity contribution in [1.82, 2.24) is 24.8 Å². The summed E-state index contributed by atoms with van der Waals surface area (Å²) in [7, 11) is 2.48. The second-order valence-electron chi connectivity index (χ2n) is 11.7. The van der Waals surface area contributed by atoms with Crippen LogP contribution in [0.5, 0.6) is 0 Å². The first-order valence-corrected chi connectivity index (χ1v) is 18.7. The maximum Gasteiger partial charge on any atom is 0.257 e. The highest BCUT2D eigenvalue weighted by atomic mass is 35.5. The summed E-state index contributed by atoms with van der Waals surface area (Å²) in [4.78, 5) is 38.0. The zero-order valence-electron chi connectivity index (χ0n) is 24.7. The molecule has 224 valence electrons. The van der Waals surface area contributed by atoms with E-state index >= 15 is 0 Å². The lowest BCUT2D eigenvalue weighted by atomic mass is 10.1. The Balaban J connectivity index is 1.61. The van der Waals surface area contributed by atoms with Crippen LogP contribution in [0.3, 0.4) is 0 Å². The summed E-state index contributed by atoms with van der Waals surface area (Å²) in [6.07, 6.45) is 5.47. The summed E-state index contributed by atoms with van der Waals surface area (Å²) >= 11 is 7.34. The van der Waals surface area contributed by atoms with Gasteiger partial charge in [0.05, 0.1) is 28.7 Å². The first-order valence-electron chi connectivity index (χ1n) is 13.8. The molecule has 3 heterocycles. The van der Waals surface area contributed by atoms with Crippen molar-refractivity contribution in [2.24, 2.45) is 7.05 Å². The van der Waals surface area contributed by atoms with Gasteiger partial charge in [-0.2, -0.15) is 0 Å². The van der Waals surface area contributed by atoms with Crippen molar-refractivity contribution in [3.8, 4) is 0 Å². The highest BCUT2D eigenvalue weighted by Crippen LogP contribution is 2.32. The van der Waals surface area contributed by atoms with E-state index in [2.05, 4.69) is 34.9 Å². The van der Waals surface area contributed by atoms with Crippen molar-refractivity contribution in [2.75, 3.05) is 20.2 Å². The van der Waals surface area contributed by atoms with Crippen LogP contribution < -0.4 is 10.7 Å². The molecule has 12 heteroatoms.